The molecule has 0 aliphatic carbocycles. The highest BCUT2D eigenvalue weighted by atomic mass is 35.5. The van der Waals surface area contributed by atoms with Crippen LogP contribution < -0.4 is 10.1 Å². The smallest absolute Gasteiger partial charge is 0.238 e. The number of nitrogens with one attached hydrogen (secondary N) is 1. The zero-order chi connectivity index (χ0) is 17.9. The van der Waals surface area contributed by atoms with Crippen molar-refractivity contribution in [1.29, 1.82) is 0 Å². The van der Waals surface area contributed by atoms with Crippen molar-refractivity contribution in [2.24, 2.45) is 0 Å². The number of fused-ring (bicyclic) bond motifs is 1. The van der Waals surface area contributed by atoms with E-state index in [-0.39, 0.29) is 0 Å². The zero-order valence-corrected chi connectivity index (χ0v) is 14.9. The van der Waals surface area contributed by atoms with Crippen molar-refractivity contribution in [3.8, 4) is 22.8 Å². The Morgan fingerprint density at radius 2 is 1.73 bits per heavy atom. The van der Waals surface area contributed by atoms with Gasteiger partial charge >= 0.3 is 0 Å². The second-order valence-electron chi connectivity index (χ2n) is 5.77. The molecular formula is C21H16ClN3O. The topological polar surface area (TPSA) is 47.0 Å². The van der Waals surface area contributed by atoms with Gasteiger partial charge in [0.25, 0.3) is 0 Å². The van der Waals surface area contributed by atoms with Crippen LogP contribution in [0.4, 0.5) is 5.69 Å². The summed E-state index contributed by atoms with van der Waals surface area (Å²) in [6, 6.07) is 21.6. The molecule has 1 aromatic heterocycles. The van der Waals surface area contributed by atoms with Crippen LogP contribution in [0, 0.1) is 0 Å². The second kappa shape index (κ2) is 7.02. The van der Waals surface area contributed by atoms with E-state index >= 15 is 0 Å². The van der Waals surface area contributed by atoms with Gasteiger partial charge in [-0.25, -0.2) is 9.97 Å². The predicted molar refractivity (Wildman–Crippen MR) is 106 cm³/mol. The van der Waals surface area contributed by atoms with Crippen molar-refractivity contribution in [3.63, 3.8) is 0 Å². The molecule has 4 rings (SSSR count). The molecule has 0 unspecified atom stereocenters. The van der Waals surface area contributed by atoms with E-state index in [1.54, 1.807) is 12.3 Å². The summed E-state index contributed by atoms with van der Waals surface area (Å²) in [7, 11) is 1.91. The third-order valence-corrected chi connectivity index (χ3v) is 4.37. The molecule has 0 saturated heterocycles. The minimum absolute atomic E-state index is 0.435. The molecule has 0 atom stereocenters. The van der Waals surface area contributed by atoms with Gasteiger partial charge in [-0.3, -0.25) is 0 Å². The molecule has 1 N–H and O–H groups in total. The molecule has 0 aliphatic heterocycles. The number of halogens is 1. The van der Waals surface area contributed by atoms with Gasteiger partial charge in [0, 0.05) is 12.7 Å². The molecule has 0 saturated carbocycles. The average molecular weight is 362 g/mol. The molecule has 4 aromatic rings. The number of benzene rings is 3. The van der Waals surface area contributed by atoms with Crippen molar-refractivity contribution < 1.29 is 4.74 Å². The Hall–Kier alpha value is -3.11. The van der Waals surface area contributed by atoms with Crippen LogP contribution in [0.15, 0.2) is 72.9 Å². The maximum absolute atomic E-state index is 6.12. The van der Waals surface area contributed by atoms with E-state index in [2.05, 4.69) is 27.4 Å². The maximum atomic E-state index is 6.12. The van der Waals surface area contributed by atoms with Crippen LogP contribution in [0.2, 0.25) is 5.02 Å². The average Bonchev–Trinajstić information content (AvgIpc) is 2.69. The molecule has 0 spiro atoms. The molecule has 0 fully saturated rings. The molecule has 0 bridgehead atoms. The quantitative estimate of drug-likeness (QED) is 0.500. The van der Waals surface area contributed by atoms with Gasteiger partial charge < -0.3 is 10.1 Å². The molecule has 0 amide bonds. The Labute approximate surface area is 156 Å². The first-order valence-electron chi connectivity index (χ1n) is 8.20. The Morgan fingerprint density at radius 3 is 2.54 bits per heavy atom. The van der Waals surface area contributed by atoms with Crippen molar-refractivity contribution in [2.45, 2.75) is 0 Å². The maximum Gasteiger partial charge on any atom is 0.238 e. The third kappa shape index (κ3) is 3.32. The van der Waals surface area contributed by atoms with E-state index in [1.165, 1.54) is 0 Å². The highest BCUT2D eigenvalue weighted by Crippen LogP contribution is 2.28. The van der Waals surface area contributed by atoms with Gasteiger partial charge in [0.05, 0.1) is 16.7 Å². The number of ether oxygens (including phenoxy) is 1. The first-order chi connectivity index (χ1) is 12.7. The van der Waals surface area contributed by atoms with Gasteiger partial charge in [-0.05, 0) is 47.5 Å². The third-order valence-electron chi connectivity index (χ3n) is 4.06. The number of anilines is 1. The van der Waals surface area contributed by atoms with E-state index in [1.807, 2.05) is 55.6 Å². The number of rotatable bonds is 4. The Bertz CT molecular complexity index is 1060. The summed E-state index contributed by atoms with van der Waals surface area (Å²) < 4.78 is 5.83. The highest BCUT2D eigenvalue weighted by molar-refractivity contribution is 6.34. The van der Waals surface area contributed by atoms with Crippen LogP contribution in [-0.4, -0.2) is 17.0 Å². The molecule has 1 heterocycles. The number of para-hydroxylation sites is 1. The van der Waals surface area contributed by atoms with Gasteiger partial charge in [0.15, 0.2) is 0 Å². The molecule has 0 aliphatic rings. The Kier molecular flexibility index (Phi) is 4.42. The summed E-state index contributed by atoms with van der Waals surface area (Å²) in [4.78, 5) is 8.79. The minimum Gasteiger partial charge on any atom is -0.437 e. The molecule has 3 aromatic carbocycles. The number of hydrogen-bond acceptors (Lipinski definition) is 4. The van der Waals surface area contributed by atoms with Gasteiger partial charge in [0.1, 0.15) is 11.3 Å². The largest absolute Gasteiger partial charge is 0.437 e. The van der Waals surface area contributed by atoms with E-state index in [4.69, 9.17) is 16.3 Å². The lowest BCUT2D eigenvalue weighted by atomic mass is 10.1. The normalized spacial score (nSPS) is 10.7. The van der Waals surface area contributed by atoms with Crippen molar-refractivity contribution in [1.82, 2.24) is 9.97 Å². The van der Waals surface area contributed by atoms with Crippen molar-refractivity contribution >= 4 is 28.3 Å². The molecular weight excluding hydrogens is 346 g/mol. The second-order valence-corrected chi connectivity index (χ2v) is 6.18. The summed E-state index contributed by atoms with van der Waals surface area (Å²) in [5.74, 6) is 1.14. The molecule has 128 valence electrons. The van der Waals surface area contributed by atoms with E-state index < -0.39 is 0 Å². The Morgan fingerprint density at radius 1 is 0.923 bits per heavy atom. The van der Waals surface area contributed by atoms with Crippen LogP contribution in [-0.2, 0) is 0 Å². The van der Waals surface area contributed by atoms with Crippen LogP contribution >= 0.6 is 11.6 Å². The SMILES string of the molecule is CNc1cccc(-c2ccc(Oc3cnc4c(Cl)cccc4n3)cc2)c1. The monoisotopic (exact) mass is 361 g/mol. The van der Waals surface area contributed by atoms with Gasteiger partial charge in [0.2, 0.25) is 5.88 Å². The lowest BCUT2D eigenvalue weighted by molar-refractivity contribution is 0.463. The van der Waals surface area contributed by atoms with Gasteiger partial charge in [-0.2, -0.15) is 0 Å². The summed E-state index contributed by atoms with van der Waals surface area (Å²) in [6.07, 6.45) is 1.58. The van der Waals surface area contributed by atoms with Crippen LogP contribution in [0.1, 0.15) is 0 Å². The van der Waals surface area contributed by atoms with E-state index in [0.717, 1.165) is 16.8 Å². The van der Waals surface area contributed by atoms with Crippen molar-refractivity contribution in [2.75, 3.05) is 12.4 Å². The fourth-order valence-corrected chi connectivity index (χ4v) is 2.95. The first-order valence-corrected chi connectivity index (χ1v) is 8.58. The number of nitrogens with zero attached hydrogens (tertiary/aromatic N) is 2. The molecule has 26 heavy (non-hydrogen) atoms. The Balaban J connectivity index is 1.57. The lowest BCUT2D eigenvalue weighted by Crippen LogP contribution is -1.91. The van der Waals surface area contributed by atoms with Gasteiger partial charge in [-0.15, -0.1) is 0 Å². The van der Waals surface area contributed by atoms with Crippen LogP contribution in [0.3, 0.4) is 0 Å². The number of hydrogen-bond donors (Lipinski definition) is 1. The van der Waals surface area contributed by atoms with Crippen LogP contribution in [0.25, 0.3) is 22.2 Å². The molecule has 5 heteroatoms. The summed E-state index contributed by atoms with van der Waals surface area (Å²) in [5, 5.41) is 3.73. The predicted octanol–water partition coefficient (Wildman–Crippen LogP) is 5.78. The molecule has 4 nitrogen and oxygen atoms in total. The lowest BCUT2D eigenvalue weighted by Gasteiger charge is -2.08. The first kappa shape index (κ1) is 16.4. The zero-order valence-electron chi connectivity index (χ0n) is 14.1. The number of aromatic nitrogens is 2. The summed E-state index contributed by atoms with van der Waals surface area (Å²) in [6.45, 7) is 0. The summed E-state index contributed by atoms with van der Waals surface area (Å²) in [5.41, 5.74) is 4.71. The summed E-state index contributed by atoms with van der Waals surface area (Å²) >= 11 is 6.12. The fourth-order valence-electron chi connectivity index (χ4n) is 2.73. The van der Waals surface area contributed by atoms with Crippen molar-refractivity contribution in [3.05, 3.63) is 77.9 Å². The van der Waals surface area contributed by atoms with Crippen LogP contribution in [0.5, 0.6) is 11.6 Å². The highest BCUT2D eigenvalue weighted by Gasteiger charge is 2.06. The standard InChI is InChI=1S/C21H16ClN3O/c1-23-16-5-2-4-15(12-16)14-8-10-17(11-9-14)26-20-13-24-21-18(22)6-3-7-19(21)25-20/h2-13,23H,1H3. The fraction of sp³-hybridized carbons (Fsp3) is 0.0476. The van der Waals surface area contributed by atoms with Gasteiger partial charge in [-0.1, -0.05) is 41.9 Å². The minimum atomic E-state index is 0.435. The van der Waals surface area contributed by atoms with E-state index in [0.29, 0.717) is 27.7 Å². The molecule has 0 radical (unpaired) electrons. The van der Waals surface area contributed by atoms with E-state index in [9.17, 15) is 0 Å².